The number of aliphatic imine (C=N–C) groups is 1. The van der Waals surface area contributed by atoms with Crippen LogP contribution in [0.15, 0.2) is 41.5 Å². The van der Waals surface area contributed by atoms with Gasteiger partial charge in [-0.3, -0.25) is 14.7 Å². The van der Waals surface area contributed by atoms with Crippen LogP contribution >= 0.6 is 0 Å². The Bertz CT molecular complexity index is 1160. The first kappa shape index (κ1) is 24.9. The maximum absolute atomic E-state index is 13.7. The molecule has 0 spiro atoms. The van der Waals surface area contributed by atoms with Crippen molar-refractivity contribution in [3.05, 3.63) is 59.1 Å². The van der Waals surface area contributed by atoms with Crippen molar-refractivity contribution in [2.75, 3.05) is 37.0 Å². The van der Waals surface area contributed by atoms with E-state index in [4.69, 9.17) is 9.97 Å². The van der Waals surface area contributed by atoms with E-state index in [0.717, 1.165) is 60.1 Å². The molecule has 0 bridgehead atoms. The first-order chi connectivity index (χ1) is 16.8. The van der Waals surface area contributed by atoms with Crippen LogP contribution in [-0.4, -0.2) is 59.8 Å². The molecule has 0 aliphatic carbocycles. The lowest BCUT2D eigenvalue weighted by Gasteiger charge is -2.25. The number of nitrogens with one attached hydrogen (secondary N) is 1. The molecule has 2 aliphatic rings. The van der Waals surface area contributed by atoms with Crippen LogP contribution in [0.5, 0.6) is 0 Å². The number of amidine groups is 1. The molecule has 2 aliphatic heterocycles. The maximum atomic E-state index is 13.7. The average molecular weight is 476 g/mol. The van der Waals surface area contributed by atoms with Crippen LogP contribution in [-0.2, 0) is 6.54 Å². The van der Waals surface area contributed by atoms with Gasteiger partial charge in [0.2, 0.25) is 0 Å². The number of hydrogen-bond acceptors (Lipinski definition) is 6. The van der Waals surface area contributed by atoms with Gasteiger partial charge in [-0.05, 0) is 65.8 Å². The molecule has 1 N–H and O–H groups in total. The molecule has 4 rings (SSSR count). The van der Waals surface area contributed by atoms with Crippen molar-refractivity contribution in [2.24, 2.45) is 4.99 Å². The monoisotopic (exact) mass is 475 g/mol. The quantitative estimate of drug-likeness (QED) is 0.479. The largest absolute Gasteiger partial charge is 0.354 e. The highest BCUT2D eigenvalue weighted by atomic mass is 16.2. The lowest BCUT2D eigenvalue weighted by atomic mass is 10.0. The number of carbonyl (C=O) groups is 1. The van der Waals surface area contributed by atoms with Gasteiger partial charge in [-0.15, -0.1) is 0 Å². The number of hydrogen-bond donors (Lipinski definition) is 1. The Labute approximate surface area is 208 Å². The first-order valence-electron chi connectivity index (χ1n) is 12.5. The van der Waals surface area contributed by atoms with Gasteiger partial charge >= 0.3 is 0 Å². The lowest BCUT2D eigenvalue weighted by molar-refractivity contribution is 0.0996. The molecule has 186 valence electrons. The minimum Gasteiger partial charge on any atom is -0.354 e. The Morgan fingerprint density at radius 2 is 2.11 bits per heavy atom. The minimum absolute atomic E-state index is 0.0289. The van der Waals surface area contributed by atoms with E-state index < -0.39 is 0 Å². The van der Waals surface area contributed by atoms with Crippen LogP contribution in [0.3, 0.4) is 0 Å². The fourth-order valence-electron chi connectivity index (χ4n) is 5.08. The molecule has 2 aromatic rings. The number of pyridine rings is 2. The molecule has 1 amide bonds. The summed E-state index contributed by atoms with van der Waals surface area (Å²) in [5.74, 6) is 2.21. The number of aromatic nitrogens is 2. The molecule has 4 heterocycles. The van der Waals surface area contributed by atoms with Gasteiger partial charge in [0, 0.05) is 43.5 Å². The number of anilines is 2. The molecule has 0 saturated carbocycles. The van der Waals surface area contributed by atoms with Crippen molar-refractivity contribution in [1.29, 1.82) is 0 Å². The Kier molecular flexibility index (Phi) is 7.21. The first-order valence-corrected chi connectivity index (χ1v) is 12.5. The van der Waals surface area contributed by atoms with Crippen LogP contribution in [0.2, 0.25) is 0 Å². The van der Waals surface area contributed by atoms with Crippen molar-refractivity contribution >= 4 is 23.4 Å². The van der Waals surface area contributed by atoms with Crippen LogP contribution in [0.25, 0.3) is 0 Å². The highest BCUT2D eigenvalue weighted by Crippen LogP contribution is 2.35. The van der Waals surface area contributed by atoms with Crippen LogP contribution in [0.1, 0.15) is 73.9 Å². The molecule has 8 heteroatoms. The molecule has 0 radical (unpaired) electrons. The summed E-state index contributed by atoms with van der Waals surface area (Å²) < 4.78 is 0. The SMILES string of the molecule is C=C(C)N(CC)C(=NC)c1cccc(N2Cc3c(cc(N4CCC[C@H]4C)nc3C(C)NC)C2=O)n1. The fraction of sp³-hybridized carbons (Fsp3) is 0.481. The summed E-state index contributed by atoms with van der Waals surface area (Å²) in [4.78, 5) is 34.2. The third kappa shape index (κ3) is 4.55. The van der Waals surface area contributed by atoms with E-state index >= 15 is 0 Å². The van der Waals surface area contributed by atoms with Gasteiger partial charge < -0.3 is 15.1 Å². The van der Waals surface area contributed by atoms with Crippen LogP contribution in [0, 0.1) is 0 Å². The van der Waals surface area contributed by atoms with Gasteiger partial charge in [0.1, 0.15) is 17.3 Å². The van der Waals surface area contributed by atoms with Crippen LogP contribution < -0.4 is 15.1 Å². The molecule has 2 aromatic heterocycles. The number of allylic oxidation sites excluding steroid dienone is 1. The van der Waals surface area contributed by atoms with E-state index in [1.807, 2.05) is 43.1 Å². The molecular formula is C27H37N7O. The lowest BCUT2D eigenvalue weighted by Crippen LogP contribution is -2.31. The molecule has 8 nitrogen and oxygen atoms in total. The zero-order valence-electron chi connectivity index (χ0n) is 21.8. The van der Waals surface area contributed by atoms with Gasteiger partial charge in [-0.1, -0.05) is 12.6 Å². The Morgan fingerprint density at radius 3 is 2.71 bits per heavy atom. The normalized spacial score (nSPS) is 18.7. The Balaban J connectivity index is 1.73. The maximum Gasteiger partial charge on any atom is 0.260 e. The molecule has 1 fully saturated rings. The van der Waals surface area contributed by atoms with Crippen molar-refractivity contribution < 1.29 is 4.79 Å². The highest BCUT2D eigenvalue weighted by Gasteiger charge is 2.35. The van der Waals surface area contributed by atoms with Gasteiger partial charge in [-0.25, -0.2) is 9.97 Å². The summed E-state index contributed by atoms with van der Waals surface area (Å²) in [7, 11) is 3.68. The summed E-state index contributed by atoms with van der Waals surface area (Å²) in [5.41, 5.74) is 4.24. The average Bonchev–Trinajstić information content (AvgIpc) is 3.44. The molecule has 0 aromatic carbocycles. The second kappa shape index (κ2) is 10.2. The number of carbonyl (C=O) groups excluding carboxylic acids is 1. The molecule has 1 unspecified atom stereocenters. The summed E-state index contributed by atoms with van der Waals surface area (Å²) in [6.45, 7) is 14.6. The van der Waals surface area contributed by atoms with Gasteiger partial charge in [0.25, 0.3) is 5.91 Å². The van der Waals surface area contributed by atoms with Gasteiger partial charge in [0.05, 0.1) is 17.8 Å². The summed E-state index contributed by atoms with van der Waals surface area (Å²) in [6, 6.07) is 8.17. The van der Waals surface area contributed by atoms with Crippen molar-refractivity contribution in [2.45, 2.75) is 59.2 Å². The third-order valence-electron chi connectivity index (χ3n) is 7.11. The fourth-order valence-corrected chi connectivity index (χ4v) is 5.08. The third-order valence-corrected chi connectivity index (χ3v) is 7.11. The van der Waals surface area contributed by atoms with Gasteiger partial charge in [0.15, 0.2) is 5.84 Å². The van der Waals surface area contributed by atoms with Crippen molar-refractivity contribution in [3.8, 4) is 0 Å². The zero-order valence-corrected chi connectivity index (χ0v) is 21.8. The number of rotatable bonds is 7. The summed E-state index contributed by atoms with van der Waals surface area (Å²) in [6.07, 6.45) is 2.29. The second-order valence-corrected chi connectivity index (χ2v) is 9.39. The van der Waals surface area contributed by atoms with E-state index in [9.17, 15) is 4.79 Å². The smallest absolute Gasteiger partial charge is 0.260 e. The molecule has 2 atom stereocenters. The highest BCUT2D eigenvalue weighted by molar-refractivity contribution is 6.10. The topological polar surface area (TPSA) is 77.0 Å². The van der Waals surface area contributed by atoms with Crippen LogP contribution in [0.4, 0.5) is 11.6 Å². The van der Waals surface area contributed by atoms with E-state index in [0.29, 0.717) is 24.1 Å². The molecule has 1 saturated heterocycles. The van der Waals surface area contributed by atoms with Crippen molar-refractivity contribution in [1.82, 2.24) is 20.2 Å². The van der Waals surface area contributed by atoms with E-state index in [-0.39, 0.29) is 11.9 Å². The Morgan fingerprint density at radius 1 is 1.34 bits per heavy atom. The number of amides is 1. The predicted molar refractivity (Wildman–Crippen MR) is 142 cm³/mol. The number of fused-ring (bicyclic) bond motifs is 1. The van der Waals surface area contributed by atoms with Gasteiger partial charge in [-0.2, -0.15) is 0 Å². The predicted octanol–water partition coefficient (Wildman–Crippen LogP) is 4.14. The van der Waals surface area contributed by atoms with E-state index in [1.54, 1.807) is 11.9 Å². The Hall–Kier alpha value is -3.26. The number of nitrogens with zero attached hydrogens (tertiary/aromatic N) is 6. The standard InChI is InChI=1S/C27H37N7O/c1-8-32(17(2)3)26(29-7)22-12-9-13-23(30-22)34-16-21-20(27(34)35)15-24(31-25(21)19(5)28-6)33-14-10-11-18(33)4/h9,12-13,15,18-19,28H,2,8,10-11,14,16H2,1,3-7H3/t18-,19?/m1/s1. The van der Waals surface area contributed by atoms with E-state index in [2.05, 4.69) is 42.6 Å². The zero-order chi connectivity index (χ0) is 25.3. The molecular weight excluding hydrogens is 438 g/mol. The van der Waals surface area contributed by atoms with E-state index in [1.165, 1.54) is 0 Å². The minimum atomic E-state index is -0.0352. The second-order valence-electron chi connectivity index (χ2n) is 9.39. The summed E-state index contributed by atoms with van der Waals surface area (Å²) in [5, 5.41) is 3.31. The molecule has 35 heavy (non-hydrogen) atoms. The van der Waals surface area contributed by atoms with Crippen molar-refractivity contribution in [3.63, 3.8) is 0 Å². The summed E-state index contributed by atoms with van der Waals surface area (Å²) >= 11 is 0.